The number of nitrogens with one attached hydrogen (secondary N) is 1. The Hall–Kier alpha value is -2.59. The summed E-state index contributed by atoms with van der Waals surface area (Å²) < 4.78 is 5.31. The molecule has 0 radical (unpaired) electrons. The van der Waals surface area contributed by atoms with Crippen LogP contribution in [-0.4, -0.2) is 22.7 Å². The first-order valence-electron chi connectivity index (χ1n) is 7.20. The molecule has 0 aliphatic rings. The Kier molecular flexibility index (Phi) is 4.21. The highest BCUT2D eigenvalue weighted by Gasteiger charge is 2.11. The van der Waals surface area contributed by atoms with E-state index in [1.807, 2.05) is 48.5 Å². The van der Waals surface area contributed by atoms with Crippen molar-refractivity contribution in [1.29, 1.82) is 0 Å². The Bertz CT molecular complexity index is 777. The average molecular weight is 295 g/mol. The minimum atomic E-state index is -0.372. The zero-order chi connectivity index (χ0) is 15.4. The van der Waals surface area contributed by atoms with Crippen LogP contribution < -0.4 is 0 Å². The molecule has 0 saturated carbocycles. The van der Waals surface area contributed by atoms with E-state index in [0.717, 1.165) is 22.0 Å². The fraction of sp³-hybridized carbons (Fsp3) is 0.167. The topological polar surface area (TPSA) is 62.3 Å². The van der Waals surface area contributed by atoms with Crippen LogP contribution in [0.1, 0.15) is 21.6 Å². The molecule has 112 valence electrons. The van der Waals surface area contributed by atoms with Crippen molar-refractivity contribution in [2.75, 3.05) is 6.61 Å². The SMILES string of the molecule is O=C(OCc1ccccc1)c1cc2cc(CCO)ccc2[nH]1. The first-order chi connectivity index (χ1) is 10.8. The summed E-state index contributed by atoms with van der Waals surface area (Å²) in [6.45, 7) is 0.368. The molecule has 1 heterocycles. The lowest BCUT2D eigenvalue weighted by molar-refractivity contribution is 0.0467. The largest absolute Gasteiger partial charge is 0.456 e. The highest BCUT2D eigenvalue weighted by atomic mass is 16.5. The molecule has 3 aromatic rings. The van der Waals surface area contributed by atoms with E-state index < -0.39 is 0 Å². The first kappa shape index (κ1) is 14.4. The van der Waals surface area contributed by atoms with Gasteiger partial charge < -0.3 is 14.8 Å². The van der Waals surface area contributed by atoms with Crippen molar-refractivity contribution in [2.24, 2.45) is 0 Å². The number of fused-ring (bicyclic) bond motifs is 1. The van der Waals surface area contributed by atoms with Gasteiger partial charge >= 0.3 is 5.97 Å². The van der Waals surface area contributed by atoms with Crippen molar-refractivity contribution in [3.8, 4) is 0 Å². The smallest absolute Gasteiger partial charge is 0.355 e. The quantitative estimate of drug-likeness (QED) is 0.711. The Morgan fingerprint density at radius 2 is 1.86 bits per heavy atom. The second-order valence-corrected chi connectivity index (χ2v) is 5.14. The molecule has 0 aliphatic heterocycles. The van der Waals surface area contributed by atoms with Gasteiger partial charge in [-0.1, -0.05) is 36.4 Å². The Balaban J connectivity index is 1.73. The van der Waals surface area contributed by atoms with E-state index in [4.69, 9.17) is 9.84 Å². The number of ether oxygens (including phenoxy) is 1. The van der Waals surface area contributed by atoms with E-state index in [1.54, 1.807) is 6.07 Å². The first-order valence-corrected chi connectivity index (χ1v) is 7.20. The zero-order valence-corrected chi connectivity index (χ0v) is 12.1. The van der Waals surface area contributed by atoms with Crippen LogP contribution in [0.25, 0.3) is 10.9 Å². The Morgan fingerprint density at radius 1 is 1.05 bits per heavy atom. The lowest BCUT2D eigenvalue weighted by atomic mass is 10.1. The van der Waals surface area contributed by atoms with Crippen LogP contribution in [0.15, 0.2) is 54.6 Å². The maximum atomic E-state index is 12.1. The summed E-state index contributed by atoms with van der Waals surface area (Å²) in [4.78, 5) is 15.2. The molecule has 0 bridgehead atoms. The van der Waals surface area contributed by atoms with Crippen molar-refractivity contribution >= 4 is 16.9 Å². The molecule has 0 saturated heterocycles. The van der Waals surface area contributed by atoms with Crippen LogP contribution in [-0.2, 0) is 17.8 Å². The predicted molar refractivity (Wildman–Crippen MR) is 84.7 cm³/mol. The maximum Gasteiger partial charge on any atom is 0.355 e. The van der Waals surface area contributed by atoms with Crippen molar-refractivity contribution in [1.82, 2.24) is 4.98 Å². The molecule has 0 fully saturated rings. The minimum Gasteiger partial charge on any atom is -0.456 e. The van der Waals surface area contributed by atoms with Crippen LogP contribution in [0.3, 0.4) is 0 Å². The molecule has 4 heteroatoms. The van der Waals surface area contributed by atoms with Gasteiger partial charge in [0.25, 0.3) is 0 Å². The number of H-pyrrole nitrogens is 1. The summed E-state index contributed by atoms with van der Waals surface area (Å²) in [7, 11) is 0. The Morgan fingerprint density at radius 3 is 2.64 bits per heavy atom. The molecular weight excluding hydrogens is 278 g/mol. The van der Waals surface area contributed by atoms with E-state index >= 15 is 0 Å². The summed E-state index contributed by atoms with van der Waals surface area (Å²) in [5, 5.41) is 9.92. The summed E-state index contributed by atoms with van der Waals surface area (Å²) >= 11 is 0. The second kappa shape index (κ2) is 6.45. The molecule has 1 aromatic heterocycles. The molecule has 4 nitrogen and oxygen atoms in total. The summed E-state index contributed by atoms with van der Waals surface area (Å²) in [5.74, 6) is -0.372. The van der Waals surface area contributed by atoms with E-state index in [9.17, 15) is 4.79 Å². The Labute approximate surface area is 128 Å². The van der Waals surface area contributed by atoms with E-state index in [1.165, 1.54) is 0 Å². The number of carbonyl (C=O) groups excluding carboxylic acids is 1. The van der Waals surface area contributed by atoms with E-state index in [-0.39, 0.29) is 19.2 Å². The number of aliphatic hydroxyl groups is 1. The fourth-order valence-electron chi connectivity index (χ4n) is 2.38. The molecule has 0 amide bonds. The molecule has 0 unspecified atom stereocenters. The van der Waals surface area contributed by atoms with Crippen molar-refractivity contribution in [3.05, 3.63) is 71.4 Å². The number of carbonyl (C=O) groups is 1. The van der Waals surface area contributed by atoms with Gasteiger partial charge in [0, 0.05) is 17.5 Å². The lowest BCUT2D eigenvalue weighted by Crippen LogP contribution is -2.05. The standard InChI is InChI=1S/C18H17NO3/c20-9-8-13-6-7-16-15(10-13)11-17(19-16)18(21)22-12-14-4-2-1-3-5-14/h1-7,10-11,19-20H,8-9,12H2. The summed E-state index contributed by atoms with van der Waals surface area (Å²) in [6, 6.07) is 17.2. The van der Waals surface area contributed by atoms with Gasteiger partial charge in [-0.3, -0.25) is 0 Å². The molecule has 3 rings (SSSR count). The lowest BCUT2D eigenvalue weighted by Gasteiger charge is -2.02. The molecule has 0 spiro atoms. The van der Waals surface area contributed by atoms with Crippen molar-refractivity contribution in [3.63, 3.8) is 0 Å². The number of esters is 1. The van der Waals surface area contributed by atoms with Crippen LogP contribution in [0, 0.1) is 0 Å². The van der Waals surface area contributed by atoms with E-state index in [2.05, 4.69) is 4.98 Å². The van der Waals surface area contributed by atoms with Crippen LogP contribution in [0.2, 0.25) is 0 Å². The second-order valence-electron chi connectivity index (χ2n) is 5.14. The van der Waals surface area contributed by atoms with Gasteiger partial charge in [0.15, 0.2) is 0 Å². The monoisotopic (exact) mass is 295 g/mol. The van der Waals surface area contributed by atoms with Gasteiger partial charge in [0.05, 0.1) is 0 Å². The number of hydrogen-bond acceptors (Lipinski definition) is 3. The fourth-order valence-corrected chi connectivity index (χ4v) is 2.38. The van der Waals surface area contributed by atoms with Crippen LogP contribution >= 0.6 is 0 Å². The zero-order valence-electron chi connectivity index (χ0n) is 12.1. The molecule has 0 atom stereocenters. The maximum absolute atomic E-state index is 12.1. The van der Waals surface area contributed by atoms with Gasteiger partial charge in [-0.25, -0.2) is 4.79 Å². The highest BCUT2D eigenvalue weighted by Crippen LogP contribution is 2.18. The van der Waals surface area contributed by atoms with Crippen LogP contribution in [0.4, 0.5) is 0 Å². The molecule has 0 aliphatic carbocycles. The van der Waals surface area contributed by atoms with Gasteiger partial charge in [0.1, 0.15) is 12.3 Å². The molecular formula is C18H17NO3. The minimum absolute atomic E-state index is 0.113. The third-order valence-electron chi connectivity index (χ3n) is 3.52. The molecule has 2 aromatic carbocycles. The number of aromatic nitrogens is 1. The summed E-state index contributed by atoms with van der Waals surface area (Å²) in [6.07, 6.45) is 0.606. The average Bonchev–Trinajstić information content (AvgIpc) is 2.97. The van der Waals surface area contributed by atoms with Gasteiger partial charge in [-0.2, -0.15) is 0 Å². The van der Waals surface area contributed by atoms with Crippen molar-refractivity contribution < 1.29 is 14.6 Å². The normalized spacial score (nSPS) is 10.8. The van der Waals surface area contributed by atoms with Crippen LogP contribution in [0.5, 0.6) is 0 Å². The molecule has 22 heavy (non-hydrogen) atoms. The number of aromatic amines is 1. The summed E-state index contributed by atoms with van der Waals surface area (Å²) in [5.41, 5.74) is 3.32. The van der Waals surface area contributed by atoms with Gasteiger partial charge in [-0.05, 0) is 35.7 Å². The highest BCUT2D eigenvalue weighted by molar-refractivity contribution is 5.94. The number of rotatable bonds is 5. The van der Waals surface area contributed by atoms with E-state index in [0.29, 0.717) is 12.1 Å². The third-order valence-corrected chi connectivity index (χ3v) is 3.52. The van der Waals surface area contributed by atoms with Gasteiger partial charge in [0.2, 0.25) is 0 Å². The molecule has 2 N–H and O–H groups in total. The third kappa shape index (κ3) is 3.18. The number of aliphatic hydroxyl groups excluding tert-OH is 1. The number of benzene rings is 2. The van der Waals surface area contributed by atoms with Crippen molar-refractivity contribution in [2.45, 2.75) is 13.0 Å². The number of hydrogen-bond donors (Lipinski definition) is 2. The predicted octanol–water partition coefficient (Wildman–Crippen LogP) is 3.06. The van der Waals surface area contributed by atoms with Gasteiger partial charge in [-0.15, -0.1) is 0 Å².